The van der Waals surface area contributed by atoms with E-state index in [0.29, 0.717) is 6.92 Å². The third-order valence-corrected chi connectivity index (χ3v) is 2.59. The van der Waals surface area contributed by atoms with Crippen LogP contribution in [0.4, 0.5) is 57.1 Å². The first kappa shape index (κ1) is 21.1. The van der Waals surface area contributed by atoms with Crippen LogP contribution in [0.2, 0.25) is 0 Å². The van der Waals surface area contributed by atoms with Gasteiger partial charge in [0.05, 0.1) is 0 Å². The van der Waals surface area contributed by atoms with E-state index in [1.54, 1.807) is 0 Å². The monoisotopic (exact) mass is 361 g/mol. The van der Waals surface area contributed by atoms with Crippen molar-refractivity contribution < 1.29 is 57.1 Å². The molecule has 0 aromatic heterocycles. The molecule has 0 bridgehead atoms. The van der Waals surface area contributed by atoms with Crippen molar-refractivity contribution in [2.45, 2.75) is 49.1 Å². The van der Waals surface area contributed by atoms with Gasteiger partial charge < -0.3 is 0 Å². The quantitative estimate of drug-likeness (QED) is 0.537. The lowest BCUT2D eigenvalue weighted by atomic mass is 9.92. The molecule has 0 rings (SSSR count). The highest BCUT2D eigenvalue weighted by Crippen LogP contribution is 2.60. The van der Waals surface area contributed by atoms with Crippen LogP contribution in [-0.4, -0.2) is 35.8 Å². The molecule has 13 heteroatoms. The fraction of sp³-hybridized carbons (Fsp3) is 0.889. The van der Waals surface area contributed by atoms with Gasteiger partial charge in [-0.15, -0.1) is 0 Å². The molecule has 22 heavy (non-hydrogen) atoms. The standard InChI is InChI=1S/C9H6F13/c1-2-3(10)5(13,14)7(17,18)9(21,22)8(19,20)6(15,16)4(11)12/h3H,2H2,1H3. The number of rotatable bonds is 7. The summed E-state index contributed by atoms with van der Waals surface area (Å²) in [5, 5.41) is 0. The molecule has 0 nitrogen and oxygen atoms in total. The van der Waals surface area contributed by atoms with E-state index in [9.17, 15) is 57.1 Å². The molecule has 0 aromatic rings. The van der Waals surface area contributed by atoms with Crippen LogP contribution in [-0.2, 0) is 0 Å². The Morgan fingerprint density at radius 3 is 1.36 bits per heavy atom. The van der Waals surface area contributed by atoms with Gasteiger partial charge in [0.2, 0.25) is 0 Å². The van der Waals surface area contributed by atoms with Gasteiger partial charge in [0.25, 0.3) is 0 Å². The fourth-order valence-electron chi connectivity index (χ4n) is 1.18. The molecule has 0 saturated heterocycles. The van der Waals surface area contributed by atoms with Gasteiger partial charge >= 0.3 is 36.0 Å². The van der Waals surface area contributed by atoms with Crippen molar-refractivity contribution in [3.63, 3.8) is 0 Å². The summed E-state index contributed by atoms with van der Waals surface area (Å²) in [5.74, 6) is -36.3. The zero-order valence-electron chi connectivity index (χ0n) is 10.2. The molecular formula is C9H6F13. The Morgan fingerprint density at radius 2 is 1.09 bits per heavy atom. The average Bonchev–Trinajstić information content (AvgIpc) is 2.36. The highest BCUT2D eigenvalue weighted by molar-refractivity contribution is 5.12. The summed E-state index contributed by atoms with van der Waals surface area (Å²) < 4.78 is 163. The Morgan fingerprint density at radius 1 is 0.727 bits per heavy atom. The molecule has 0 saturated carbocycles. The van der Waals surface area contributed by atoms with Gasteiger partial charge in [-0.05, 0) is 6.42 Å². The number of halogens is 13. The topological polar surface area (TPSA) is 0 Å². The highest BCUT2D eigenvalue weighted by atomic mass is 19.4. The lowest BCUT2D eigenvalue weighted by Crippen LogP contribution is -2.69. The summed E-state index contributed by atoms with van der Waals surface area (Å²) in [6, 6.07) is 0. The largest absolute Gasteiger partial charge is 0.385 e. The van der Waals surface area contributed by atoms with Crippen molar-refractivity contribution in [2.75, 3.05) is 0 Å². The van der Waals surface area contributed by atoms with Crippen LogP contribution in [0, 0.1) is 6.43 Å². The van der Waals surface area contributed by atoms with E-state index in [2.05, 4.69) is 0 Å². The van der Waals surface area contributed by atoms with E-state index in [1.165, 1.54) is 0 Å². The molecule has 1 atom stereocenters. The van der Waals surface area contributed by atoms with Crippen molar-refractivity contribution in [1.29, 1.82) is 0 Å². The molecule has 0 amide bonds. The first-order valence-electron chi connectivity index (χ1n) is 5.14. The van der Waals surface area contributed by atoms with Gasteiger partial charge in [-0.2, -0.15) is 52.7 Å². The minimum atomic E-state index is -7.68. The molecule has 0 aliphatic heterocycles. The summed E-state index contributed by atoms with van der Waals surface area (Å²) in [7, 11) is 0. The zero-order valence-corrected chi connectivity index (χ0v) is 10.2. The van der Waals surface area contributed by atoms with Gasteiger partial charge in [0.15, 0.2) is 6.17 Å². The van der Waals surface area contributed by atoms with Gasteiger partial charge in [-0.25, -0.2) is 4.39 Å². The lowest BCUT2D eigenvalue weighted by molar-refractivity contribution is -0.409. The Kier molecular flexibility index (Phi) is 5.39. The van der Waals surface area contributed by atoms with Gasteiger partial charge in [-0.3, -0.25) is 0 Å². The van der Waals surface area contributed by atoms with Crippen LogP contribution in [0.5, 0.6) is 0 Å². The van der Waals surface area contributed by atoms with E-state index < -0.39 is 48.6 Å². The van der Waals surface area contributed by atoms with Crippen LogP contribution < -0.4 is 0 Å². The maximum absolute atomic E-state index is 12.9. The molecule has 1 unspecified atom stereocenters. The van der Waals surface area contributed by atoms with Crippen molar-refractivity contribution in [1.82, 2.24) is 0 Å². The van der Waals surface area contributed by atoms with Gasteiger partial charge in [0, 0.05) is 0 Å². The molecule has 1 radical (unpaired) electrons. The molecule has 0 aliphatic rings. The third kappa shape index (κ3) is 2.59. The van der Waals surface area contributed by atoms with Gasteiger partial charge in [-0.1, -0.05) is 6.92 Å². The first-order chi connectivity index (χ1) is 9.42. The smallest absolute Gasteiger partial charge is 0.241 e. The zero-order chi connectivity index (χ0) is 18.4. The molecule has 133 valence electrons. The van der Waals surface area contributed by atoms with Crippen molar-refractivity contribution >= 4 is 0 Å². The van der Waals surface area contributed by atoms with Crippen molar-refractivity contribution in [3.8, 4) is 0 Å². The third-order valence-electron chi connectivity index (χ3n) is 2.59. The Bertz CT molecular complexity index is 385. The van der Waals surface area contributed by atoms with Crippen LogP contribution >= 0.6 is 0 Å². The predicted octanol–water partition coefficient (Wildman–Crippen LogP) is 5.34. The minimum Gasteiger partial charge on any atom is -0.241 e. The fourth-order valence-corrected chi connectivity index (χ4v) is 1.18. The molecule has 0 fully saturated rings. The van der Waals surface area contributed by atoms with E-state index in [0.717, 1.165) is 0 Å². The molecule has 0 heterocycles. The maximum Gasteiger partial charge on any atom is 0.385 e. The molecule has 0 aromatic carbocycles. The van der Waals surface area contributed by atoms with Gasteiger partial charge in [0.1, 0.15) is 0 Å². The second kappa shape index (κ2) is 5.62. The molecule has 0 N–H and O–H groups in total. The number of hydrogen-bond acceptors (Lipinski definition) is 0. The van der Waals surface area contributed by atoms with Crippen LogP contribution in [0.15, 0.2) is 0 Å². The molecular weight excluding hydrogens is 355 g/mol. The minimum absolute atomic E-state index is 0.439. The van der Waals surface area contributed by atoms with Crippen LogP contribution in [0.25, 0.3) is 0 Å². The van der Waals surface area contributed by atoms with E-state index in [-0.39, 0.29) is 0 Å². The average molecular weight is 361 g/mol. The molecule has 0 spiro atoms. The highest BCUT2D eigenvalue weighted by Gasteiger charge is 2.88. The summed E-state index contributed by atoms with van der Waals surface area (Å²) in [5.41, 5.74) is 0. The Hall–Kier alpha value is -0.910. The normalized spacial score (nSPS) is 17.0. The number of alkyl halides is 11. The summed E-state index contributed by atoms with van der Waals surface area (Å²) in [6.45, 7) is 0.439. The second-order valence-electron chi connectivity index (χ2n) is 4.06. The summed E-state index contributed by atoms with van der Waals surface area (Å²) in [6.07, 6.45) is -10.4. The van der Waals surface area contributed by atoms with E-state index in [1.807, 2.05) is 0 Å². The van der Waals surface area contributed by atoms with E-state index in [4.69, 9.17) is 0 Å². The SMILES string of the molecule is CCC(F)C(F)(F)C(F)(F)C(F)(F)C(F)(F)C(F)(F)[C](F)F. The maximum atomic E-state index is 12.9. The van der Waals surface area contributed by atoms with Crippen molar-refractivity contribution in [2.24, 2.45) is 0 Å². The van der Waals surface area contributed by atoms with E-state index >= 15 is 0 Å². The predicted molar refractivity (Wildman–Crippen MR) is 45.4 cm³/mol. The second-order valence-corrected chi connectivity index (χ2v) is 4.06. The first-order valence-corrected chi connectivity index (χ1v) is 5.14. The summed E-state index contributed by atoms with van der Waals surface area (Å²) >= 11 is 0. The van der Waals surface area contributed by atoms with Crippen LogP contribution in [0.3, 0.4) is 0 Å². The van der Waals surface area contributed by atoms with Crippen molar-refractivity contribution in [3.05, 3.63) is 6.43 Å². The summed E-state index contributed by atoms with van der Waals surface area (Å²) in [4.78, 5) is 0. The lowest BCUT2D eigenvalue weighted by Gasteiger charge is -2.39. The molecule has 0 aliphatic carbocycles. The Labute approximate surface area is 114 Å². The number of hydrogen-bond donors (Lipinski definition) is 0. The Balaban J connectivity index is 6.11. The van der Waals surface area contributed by atoms with Crippen LogP contribution in [0.1, 0.15) is 13.3 Å².